The summed E-state index contributed by atoms with van der Waals surface area (Å²) in [7, 11) is 0. The fourth-order valence-electron chi connectivity index (χ4n) is 2.28. The van der Waals surface area contributed by atoms with E-state index in [9.17, 15) is 9.59 Å². The highest BCUT2D eigenvalue weighted by atomic mass is 16.5. The number of ether oxygens (including phenoxy) is 1. The van der Waals surface area contributed by atoms with Crippen molar-refractivity contribution < 1.29 is 14.3 Å². The minimum absolute atomic E-state index is 0.256. The largest absolute Gasteiger partial charge is 0.480 e. The molecular weight excluding hydrogens is 304 g/mol. The van der Waals surface area contributed by atoms with Gasteiger partial charge in [-0.3, -0.25) is 9.59 Å². The quantitative estimate of drug-likeness (QED) is 0.886. The zero-order valence-corrected chi connectivity index (χ0v) is 14.3. The smallest absolute Gasteiger partial charge is 0.265 e. The number of hydrogen-bond acceptors (Lipinski definition) is 3. The summed E-state index contributed by atoms with van der Waals surface area (Å²) in [5.74, 6) is -0.570. The van der Waals surface area contributed by atoms with Gasteiger partial charge in [-0.2, -0.15) is 0 Å². The highest BCUT2D eigenvalue weighted by Gasteiger charge is 2.19. The highest BCUT2D eigenvalue weighted by Crippen LogP contribution is 2.22. The van der Waals surface area contributed by atoms with Crippen LogP contribution in [0.4, 0.5) is 5.69 Å². The molecule has 2 rings (SSSR count). The molecule has 0 bridgehead atoms. The lowest BCUT2D eigenvalue weighted by Crippen LogP contribution is -2.31. The molecule has 0 saturated carbocycles. The minimum atomic E-state index is -0.773. The van der Waals surface area contributed by atoms with Crippen molar-refractivity contribution in [1.29, 1.82) is 0 Å². The van der Waals surface area contributed by atoms with Crippen molar-refractivity contribution in [2.45, 2.75) is 33.8 Å². The molecule has 5 nitrogen and oxygen atoms in total. The molecule has 0 aliphatic carbocycles. The van der Waals surface area contributed by atoms with E-state index in [1.165, 1.54) is 0 Å². The van der Waals surface area contributed by atoms with E-state index in [1.54, 1.807) is 25.1 Å². The van der Waals surface area contributed by atoms with Crippen LogP contribution in [0.25, 0.3) is 0 Å². The van der Waals surface area contributed by atoms with Crippen molar-refractivity contribution in [2.75, 3.05) is 5.32 Å². The molecule has 0 aliphatic heterocycles. The molecule has 0 fully saturated rings. The van der Waals surface area contributed by atoms with Crippen molar-refractivity contribution >= 4 is 17.5 Å². The number of nitrogens with one attached hydrogen (secondary N) is 1. The van der Waals surface area contributed by atoms with E-state index in [1.807, 2.05) is 39.0 Å². The van der Waals surface area contributed by atoms with Crippen LogP contribution in [0.3, 0.4) is 0 Å². The van der Waals surface area contributed by atoms with E-state index < -0.39 is 12.0 Å². The van der Waals surface area contributed by atoms with Crippen molar-refractivity contribution in [1.82, 2.24) is 0 Å². The van der Waals surface area contributed by atoms with Crippen LogP contribution in [0.2, 0.25) is 0 Å². The number of aryl methyl sites for hydroxylation is 3. The van der Waals surface area contributed by atoms with Gasteiger partial charge in [0.05, 0.1) is 5.56 Å². The number of amides is 2. The van der Waals surface area contributed by atoms with Crippen molar-refractivity contribution in [3.63, 3.8) is 0 Å². The monoisotopic (exact) mass is 326 g/mol. The molecule has 2 aromatic rings. The molecule has 0 aromatic heterocycles. The predicted octanol–water partition coefficient (Wildman–Crippen LogP) is 3.12. The standard InChI is InChI=1S/C19H22N2O3/c1-11-5-7-13(3)16(9-11)21-19(23)14(4)24-17-10-12(2)6-8-15(17)18(20)22/h5-10,14H,1-4H3,(H2,20,22)(H,21,23). The lowest BCUT2D eigenvalue weighted by Gasteiger charge is -2.18. The molecule has 1 unspecified atom stereocenters. The summed E-state index contributed by atoms with van der Waals surface area (Å²) in [6.45, 7) is 7.39. The van der Waals surface area contributed by atoms with Gasteiger partial charge < -0.3 is 15.8 Å². The summed E-state index contributed by atoms with van der Waals surface area (Å²) in [4.78, 5) is 23.9. The van der Waals surface area contributed by atoms with Gasteiger partial charge >= 0.3 is 0 Å². The van der Waals surface area contributed by atoms with Crippen molar-refractivity contribution in [3.05, 3.63) is 58.7 Å². The first-order valence-corrected chi connectivity index (χ1v) is 7.73. The van der Waals surface area contributed by atoms with Gasteiger partial charge in [-0.05, 0) is 62.6 Å². The van der Waals surface area contributed by atoms with Crippen LogP contribution >= 0.6 is 0 Å². The Bertz CT molecular complexity index is 784. The van der Waals surface area contributed by atoms with Gasteiger partial charge in [0.15, 0.2) is 6.10 Å². The first-order valence-electron chi connectivity index (χ1n) is 7.73. The van der Waals surface area contributed by atoms with Gasteiger partial charge in [-0.1, -0.05) is 18.2 Å². The number of carbonyl (C=O) groups excluding carboxylic acids is 2. The molecule has 2 aromatic carbocycles. The molecule has 0 radical (unpaired) electrons. The van der Waals surface area contributed by atoms with Gasteiger partial charge in [0.2, 0.25) is 0 Å². The van der Waals surface area contributed by atoms with Gasteiger partial charge in [-0.25, -0.2) is 0 Å². The SMILES string of the molecule is Cc1ccc(C)c(NC(=O)C(C)Oc2cc(C)ccc2C(N)=O)c1. The van der Waals surface area contributed by atoms with E-state index in [-0.39, 0.29) is 11.5 Å². The molecule has 0 aliphatic rings. The topological polar surface area (TPSA) is 81.4 Å². The fourth-order valence-corrected chi connectivity index (χ4v) is 2.28. The summed E-state index contributed by atoms with van der Waals surface area (Å²) in [6, 6.07) is 10.9. The van der Waals surface area contributed by atoms with Gasteiger partial charge in [0.1, 0.15) is 5.75 Å². The number of anilines is 1. The maximum atomic E-state index is 12.4. The van der Waals surface area contributed by atoms with Crippen LogP contribution in [0, 0.1) is 20.8 Å². The Hall–Kier alpha value is -2.82. The van der Waals surface area contributed by atoms with Crippen LogP contribution in [0.15, 0.2) is 36.4 Å². The zero-order valence-electron chi connectivity index (χ0n) is 14.3. The van der Waals surface area contributed by atoms with Crippen LogP contribution in [-0.2, 0) is 4.79 Å². The lowest BCUT2D eigenvalue weighted by atomic mass is 10.1. The first-order chi connectivity index (χ1) is 11.3. The number of primary amides is 1. The number of nitrogens with two attached hydrogens (primary N) is 1. The molecule has 126 valence electrons. The average Bonchev–Trinajstić information content (AvgIpc) is 2.50. The van der Waals surface area contributed by atoms with E-state index in [4.69, 9.17) is 10.5 Å². The van der Waals surface area contributed by atoms with Crippen LogP contribution in [-0.4, -0.2) is 17.9 Å². The maximum Gasteiger partial charge on any atom is 0.265 e. The minimum Gasteiger partial charge on any atom is -0.480 e. The Morgan fingerprint density at radius 1 is 1.04 bits per heavy atom. The summed E-state index contributed by atoms with van der Waals surface area (Å²) in [5, 5.41) is 2.85. The predicted molar refractivity (Wildman–Crippen MR) is 94.3 cm³/mol. The van der Waals surface area contributed by atoms with Crippen molar-refractivity contribution in [3.8, 4) is 5.75 Å². The molecule has 1 atom stereocenters. The first kappa shape index (κ1) is 17.5. The highest BCUT2D eigenvalue weighted by molar-refractivity contribution is 5.97. The van der Waals surface area contributed by atoms with E-state index in [0.717, 1.165) is 22.4 Å². The number of hydrogen-bond donors (Lipinski definition) is 2. The Morgan fingerprint density at radius 2 is 1.67 bits per heavy atom. The molecule has 0 saturated heterocycles. The summed E-state index contributed by atoms with van der Waals surface area (Å²) in [6.07, 6.45) is -0.773. The third-order valence-corrected chi connectivity index (χ3v) is 3.73. The third-order valence-electron chi connectivity index (χ3n) is 3.73. The Kier molecular flexibility index (Phi) is 5.24. The Morgan fingerprint density at radius 3 is 2.33 bits per heavy atom. The molecule has 5 heteroatoms. The summed E-state index contributed by atoms with van der Waals surface area (Å²) < 4.78 is 5.68. The number of carbonyl (C=O) groups is 2. The second-order valence-corrected chi connectivity index (χ2v) is 5.93. The Labute approximate surface area is 141 Å². The average molecular weight is 326 g/mol. The fraction of sp³-hybridized carbons (Fsp3) is 0.263. The van der Waals surface area contributed by atoms with Gasteiger partial charge in [0.25, 0.3) is 11.8 Å². The second kappa shape index (κ2) is 7.17. The summed E-state index contributed by atoms with van der Waals surface area (Å²) >= 11 is 0. The van der Waals surface area contributed by atoms with Crippen LogP contribution < -0.4 is 15.8 Å². The van der Waals surface area contributed by atoms with Gasteiger partial charge in [0, 0.05) is 5.69 Å². The number of benzene rings is 2. The van der Waals surface area contributed by atoms with Gasteiger partial charge in [-0.15, -0.1) is 0 Å². The Balaban J connectivity index is 2.16. The molecule has 2 amide bonds. The van der Waals surface area contributed by atoms with E-state index in [2.05, 4.69) is 5.32 Å². The third kappa shape index (κ3) is 4.13. The molecule has 24 heavy (non-hydrogen) atoms. The van der Waals surface area contributed by atoms with E-state index >= 15 is 0 Å². The molecular formula is C19H22N2O3. The lowest BCUT2D eigenvalue weighted by molar-refractivity contribution is -0.122. The van der Waals surface area contributed by atoms with Crippen molar-refractivity contribution in [2.24, 2.45) is 5.73 Å². The maximum absolute atomic E-state index is 12.4. The second-order valence-electron chi connectivity index (χ2n) is 5.93. The normalized spacial score (nSPS) is 11.7. The van der Waals surface area contributed by atoms with Crippen LogP contribution in [0.5, 0.6) is 5.75 Å². The zero-order chi connectivity index (χ0) is 17.9. The molecule has 0 spiro atoms. The summed E-state index contributed by atoms with van der Waals surface area (Å²) in [5.41, 5.74) is 9.29. The molecule has 3 N–H and O–H groups in total. The molecule has 0 heterocycles. The van der Waals surface area contributed by atoms with E-state index in [0.29, 0.717) is 5.75 Å². The van der Waals surface area contributed by atoms with Crippen LogP contribution in [0.1, 0.15) is 34.0 Å². The number of rotatable bonds is 5.